The Morgan fingerprint density at radius 2 is 2.33 bits per heavy atom. The second-order valence-electron chi connectivity index (χ2n) is 3.32. The quantitative estimate of drug-likeness (QED) is 0.815. The van der Waals surface area contributed by atoms with Crippen LogP contribution in [0.25, 0.3) is 0 Å². The first kappa shape index (κ1) is 10.0. The van der Waals surface area contributed by atoms with Gasteiger partial charge in [0.05, 0.1) is 24.1 Å². The van der Waals surface area contributed by atoms with E-state index in [4.69, 9.17) is 16.3 Å². The van der Waals surface area contributed by atoms with E-state index in [0.717, 1.165) is 22.7 Å². The Balaban J connectivity index is 2.21. The van der Waals surface area contributed by atoms with Gasteiger partial charge in [-0.25, -0.2) is 0 Å². The molecule has 0 atom stereocenters. The minimum Gasteiger partial charge on any atom is -0.361 e. The number of anilines is 1. The van der Waals surface area contributed by atoms with Gasteiger partial charge in [-0.3, -0.25) is 9.52 Å². The van der Waals surface area contributed by atoms with Crippen molar-refractivity contribution in [2.45, 2.75) is 20.4 Å². The van der Waals surface area contributed by atoms with E-state index in [-0.39, 0.29) is 0 Å². The summed E-state index contributed by atoms with van der Waals surface area (Å²) in [6, 6.07) is 0. The van der Waals surface area contributed by atoms with Crippen LogP contribution in [0.4, 0.5) is 5.69 Å². The van der Waals surface area contributed by atoms with Crippen molar-refractivity contribution in [1.82, 2.24) is 14.9 Å². The molecule has 0 radical (unpaired) electrons. The van der Waals surface area contributed by atoms with Crippen LogP contribution in [0.15, 0.2) is 16.9 Å². The van der Waals surface area contributed by atoms with Gasteiger partial charge in [-0.2, -0.15) is 5.10 Å². The van der Waals surface area contributed by atoms with Crippen LogP contribution in [0.5, 0.6) is 0 Å². The summed E-state index contributed by atoms with van der Waals surface area (Å²) in [7, 11) is 0. The molecule has 15 heavy (non-hydrogen) atoms. The SMILES string of the molecule is Cc1noc(C)c1Cn1cc(NCl)cn1. The molecule has 0 spiro atoms. The first-order chi connectivity index (χ1) is 7.20. The van der Waals surface area contributed by atoms with Crippen LogP contribution in [0, 0.1) is 13.8 Å². The number of aryl methyl sites for hydroxylation is 2. The Labute approximate surface area is 92.1 Å². The van der Waals surface area contributed by atoms with E-state index in [2.05, 4.69) is 15.1 Å². The third-order valence-corrected chi connectivity index (χ3v) is 2.46. The molecule has 0 aromatic carbocycles. The van der Waals surface area contributed by atoms with E-state index in [0.29, 0.717) is 6.54 Å². The van der Waals surface area contributed by atoms with Crippen molar-refractivity contribution in [2.75, 3.05) is 4.84 Å². The summed E-state index contributed by atoms with van der Waals surface area (Å²) >= 11 is 5.45. The molecule has 0 amide bonds. The van der Waals surface area contributed by atoms with Gasteiger partial charge in [-0.05, 0) is 13.8 Å². The van der Waals surface area contributed by atoms with Crippen LogP contribution < -0.4 is 4.84 Å². The maximum absolute atomic E-state index is 5.45. The average Bonchev–Trinajstić information content (AvgIpc) is 2.80. The zero-order chi connectivity index (χ0) is 10.8. The number of hydrogen-bond donors (Lipinski definition) is 1. The third kappa shape index (κ3) is 1.97. The molecule has 5 nitrogen and oxygen atoms in total. The van der Waals surface area contributed by atoms with Crippen molar-refractivity contribution >= 4 is 17.5 Å². The van der Waals surface area contributed by atoms with Gasteiger partial charge in [0, 0.05) is 23.5 Å². The molecule has 0 fully saturated rings. The Hall–Kier alpha value is -1.49. The molecule has 80 valence electrons. The summed E-state index contributed by atoms with van der Waals surface area (Å²) in [5.74, 6) is 0.823. The number of aromatic nitrogens is 3. The number of hydrogen-bond acceptors (Lipinski definition) is 4. The van der Waals surface area contributed by atoms with Gasteiger partial charge in [-0.15, -0.1) is 0 Å². The van der Waals surface area contributed by atoms with Crippen molar-refractivity contribution in [2.24, 2.45) is 0 Å². The summed E-state index contributed by atoms with van der Waals surface area (Å²) in [5, 5.41) is 8.03. The van der Waals surface area contributed by atoms with Crippen LogP contribution in [0.1, 0.15) is 17.0 Å². The largest absolute Gasteiger partial charge is 0.361 e. The maximum atomic E-state index is 5.45. The second kappa shape index (κ2) is 3.94. The second-order valence-corrected chi connectivity index (χ2v) is 3.51. The normalized spacial score (nSPS) is 10.6. The van der Waals surface area contributed by atoms with Crippen molar-refractivity contribution in [3.05, 3.63) is 29.4 Å². The number of halogens is 1. The summed E-state index contributed by atoms with van der Waals surface area (Å²) < 4.78 is 6.84. The molecular formula is C9H11ClN4O. The summed E-state index contributed by atoms with van der Waals surface area (Å²) in [5.41, 5.74) is 2.71. The van der Waals surface area contributed by atoms with Crippen molar-refractivity contribution in [3.8, 4) is 0 Å². The van der Waals surface area contributed by atoms with E-state index in [1.807, 2.05) is 20.0 Å². The van der Waals surface area contributed by atoms with Crippen LogP contribution in [-0.4, -0.2) is 14.9 Å². The van der Waals surface area contributed by atoms with Gasteiger partial charge in [0.15, 0.2) is 0 Å². The van der Waals surface area contributed by atoms with E-state index in [1.165, 1.54) is 0 Å². The Kier molecular flexibility index (Phi) is 2.64. The van der Waals surface area contributed by atoms with Crippen molar-refractivity contribution in [1.29, 1.82) is 0 Å². The zero-order valence-corrected chi connectivity index (χ0v) is 9.25. The maximum Gasteiger partial charge on any atom is 0.138 e. The van der Waals surface area contributed by atoms with Crippen LogP contribution >= 0.6 is 11.8 Å². The molecule has 0 saturated carbocycles. The summed E-state index contributed by atoms with van der Waals surface area (Å²) in [6.07, 6.45) is 3.48. The van der Waals surface area contributed by atoms with Gasteiger partial charge in [0.1, 0.15) is 5.76 Å². The molecule has 2 heterocycles. The van der Waals surface area contributed by atoms with E-state index in [9.17, 15) is 0 Å². The van der Waals surface area contributed by atoms with E-state index in [1.54, 1.807) is 10.9 Å². The zero-order valence-electron chi connectivity index (χ0n) is 8.49. The van der Waals surface area contributed by atoms with Gasteiger partial charge in [-0.1, -0.05) is 5.16 Å². The molecule has 0 bridgehead atoms. The topological polar surface area (TPSA) is 55.9 Å². The monoisotopic (exact) mass is 226 g/mol. The number of nitrogens with zero attached hydrogens (tertiary/aromatic N) is 3. The van der Waals surface area contributed by atoms with Crippen LogP contribution in [-0.2, 0) is 6.54 Å². The first-order valence-electron chi connectivity index (χ1n) is 4.51. The molecule has 6 heteroatoms. The lowest BCUT2D eigenvalue weighted by atomic mass is 10.2. The predicted molar refractivity (Wildman–Crippen MR) is 56.8 cm³/mol. The summed E-state index contributed by atoms with van der Waals surface area (Å²) in [6.45, 7) is 4.44. The lowest BCUT2D eigenvalue weighted by molar-refractivity contribution is 0.391. The molecular weight excluding hydrogens is 216 g/mol. The van der Waals surface area contributed by atoms with Gasteiger partial charge >= 0.3 is 0 Å². The fourth-order valence-corrected chi connectivity index (χ4v) is 1.49. The molecule has 2 aromatic heterocycles. The van der Waals surface area contributed by atoms with E-state index >= 15 is 0 Å². The van der Waals surface area contributed by atoms with Gasteiger partial charge in [0.25, 0.3) is 0 Å². The van der Waals surface area contributed by atoms with Crippen molar-refractivity contribution in [3.63, 3.8) is 0 Å². The minimum absolute atomic E-state index is 0.639. The van der Waals surface area contributed by atoms with Gasteiger partial charge < -0.3 is 4.52 Å². The van der Waals surface area contributed by atoms with Gasteiger partial charge in [0.2, 0.25) is 0 Å². The highest BCUT2D eigenvalue weighted by Gasteiger charge is 2.09. The predicted octanol–water partition coefficient (Wildman–Crippen LogP) is 2.10. The Bertz CT molecular complexity index is 443. The van der Waals surface area contributed by atoms with Crippen LogP contribution in [0.2, 0.25) is 0 Å². The Morgan fingerprint density at radius 3 is 2.87 bits per heavy atom. The smallest absolute Gasteiger partial charge is 0.138 e. The average molecular weight is 227 g/mol. The Morgan fingerprint density at radius 1 is 1.53 bits per heavy atom. The molecule has 2 aromatic rings. The highest BCUT2D eigenvalue weighted by atomic mass is 35.5. The fourth-order valence-electron chi connectivity index (χ4n) is 1.39. The molecule has 0 aliphatic rings. The number of rotatable bonds is 3. The summed E-state index contributed by atoms with van der Waals surface area (Å²) in [4.78, 5) is 2.51. The van der Waals surface area contributed by atoms with Crippen LogP contribution in [0.3, 0.4) is 0 Å². The molecule has 2 rings (SSSR count). The standard InChI is InChI=1S/C9H11ClN4O/c1-6-9(7(2)15-13-6)5-14-4-8(12-10)3-11-14/h3-4,12H,5H2,1-2H3. The lowest BCUT2D eigenvalue weighted by Gasteiger charge is -1.99. The first-order valence-corrected chi connectivity index (χ1v) is 4.89. The lowest BCUT2D eigenvalue weighted by Crippen LogP contribution is -2.01. The molecule has 0 saturated heterocycles. The number of nitrogens with one attached hydrogen (secondary N) is 1. The third-order valence-electron chi connectivity index (χ3n) is 2.24. The van der Waals surface area contributed by atoms with E-state index < -0.39 is 0 Å². The minimum atomic E-state index is 0.639. The molecule has 0 aliphatic carbocycles. The molecule has 0 aliphatic heterocycles. The highest BCUT2D eigenvalue weighted by molar-refractivity contribution is 6.23. The highest BCUT2D eigenvalue weighted by Crippen LogP contribution is 2.14. The molecule has 0 unspecified atom stereocenters. The molecule has 1 N–H and O–H groups in total. The van der Waals surface area contributed by atoms with Crippen molar-refractivity contribution < 1.29 is 4.52 Å². The fraction of sp³-hybridized carbons (Fsp3) is 0.333.